The van der Waals surface area contributed by atoms with Crippen LogP contribution in [0.4, 0.5) is 4.39 Å². The molecule has 1 fully saturated rings. The summed E-state index contributed by atoms with van der Waals surface area (Å²) in [7, 11) is 0. The van der Waals surface area contributed by atoms with Crippen LogP contribution in [0.25, 0.3) is 0 Å². The molecule has 0 aromatic heterocycles. The zero-order chi connectivity index (χ0) is 13.1. The Labute approximate surface area is 109 Å². The molecule has 2 nitrogen and oxygen atoms in total. The van der Waals surface area contributed by atoms with Gasteiger partial charge in [0.25, 0.3) is 0 Å². The lowest BCUT2D eigenvalue weighted by molar-refractivity contribution is 0.156. The summed E-state index contributed by atoms with van der Waals surface area (Å²) >= 11 is 0. The standard InChI is InChI=1S/C15H23FN2/c1-3-12-5-4-6-14(16)13(12)10-18-8-7-15(17)11(2)9-18/h4-6,11,15H,3,7-10,17H2,1-2H3. The van der Waals surface area contributed by atoms with Crippen molar-refractivity contribution in [2.75, 3.05) is 13.1 Å². The van der Waals surface area contributed by atoms with E-state index in [1.807, 2.05) is 6.07 Å². The number of halogens is 1. The first-order valence-corrected chi connectivity index (χ1v) is 6.86. The van der Waals surface area contributed by atoms with Crippen LogP contribution in [0.1, 0.15) is 31.4 Å². The van der Waals surface area contributed by atoms with Crippen molar-refractivity contribution in [3.05, 3.63) is 35.1 Å². The van der Waals surface area contributed by atoms with E-state index in [0.717, 1.165) is 37.1 Å². The number of piperidine rings is 1. The number of hydrogen-bond donors (Lipinski definition) is 1. The number of aryl methyl sites for hydroxylation is 1. The number of benzene rings is 1. The third-order valence-electron chi connectivity index (χ3n) is 4.03. The normalized spacial score (nSPS) is 25.3. The van der Waals surface area contributed by atoms with Crippen LogP contribution in [0.2, 0.25) is 0 Å². The van der Waals surface area contributed by atoms with Crippen molar-refractivity contribution >= 4 is 0 Å². The van der Waals surface area contributed by atoms with Gasteiger partial charge in [-0.05, 0) is 36.9 Å². The monoisotopic (exact) mass is 250 g/mol. The highest BCUT2D eigenvalue weighted by Gasteiger charge is 2.24. The predicted octanol–water partition coefficient (Wildman–Crippen LogP) is 2.56. The highest BCUT2D eigenvalue weighted by Crippen LogP contribution is 2.21. The molecule has 2 rings (SSSR count). The van der Waals surface area contributed by atoms with Crippen LogP contribution in [0.5, 0.6) is 0 Å². The Morgan fingerprint density at radius 3 is 2.89 bits per heavy atom. The van der Waals surface area contributed by atoms with Crippen molar-refractivity contribution in [2.45, 2.75) is 39.3 Å². The first kappa shape index (κ1) is 13.5. The smallest absolute Gasteiger partial charge is 0.127 e. The number of nitrogens with two attached hydrogens (primary N) is 1. The molecule has 0 saturated carbocycles. The molecule has 0 bridgehead atoms. The topological polar surface area (TPSA) is 29.3 Å². The molecular weight excluding hydrogens is 227 g/mol. The summed E-state index contributed by atoms with van der Waals surface area (Å²) in [6, 6.07) is 5.69. The van der Waals surface area contributed by atoms with Gasteiger partial charge in [0, 0.05) is 24.7 Å². The fraction of sp³-hybridized carbons (Fsp3) is 0.600. The van der Waals surface area contributed by atoms with Gasteiger partial charge in [0.15, 0.2) is 0 Å². The lowest BCUT2D eigenvalue weighted by Gasteiger charge is -2.35. The summed E-state index contributed by atoms with van der Waals surface area (Å²) in [4.78, 5) is 2.33. The third-order valence-corrected chi connectivity index (χ3v) is 4.03. The largest absolute Gasteiger partial charge is 0.327 e. The number of likely N-dealkylation sites (tertiary alicyclic amines) is 1. The fourth-order valence-corrected chi connectivity index (χ4v) is 2.73. The second-order valence-corrected chi connectivity index (χ2v) is 5.40. The Balaban J connectivity index is 2.10. The third kappa shape index (κ3) is 2.90. The molecule has 18 heavy (non-hydrogen) atoms. The SMILES string of the molecule is CCc1cccc(F)c1CN1CCC(N)C(C)C1. The second-order valence-electron chi connectivity index (χ2n) is 5.40. The van der Waals surface area contributed by atoms with Gasteiger partial charge in [-0.1, -0.05) is 26.0 Å². The van der Waals surface area contributed by atoms with E-state index in [4.69, 9.17) is 5.73 Å². The van der Waals surface area contributed by atoms with Crippen molar-refractivity contribution in [3.8, 4) is 0 Å². The van der Waals surface area contributed by atoms with E-state index < -0.39 is 0 Å². The van der Waals surface area contributed by atoms with Gasteiger partial charge in [0.2, 0.25) is 0 Å². The van der Waals surface area contributed by atoms with E-state index in [0.29, 0.717) is 18.5 Å². The first-order chi connectivity index (χ1) is 8.61. The molecule has 100 valence electrons. The molecule has 0 spiro atoms. The molecule has 2 unspecified atom stereocenters. The van der Waals surface area contributed by atoms with E-state index in [1.54, 1.807) is 12.1 Å². The Morgan fingerprint density at radius 1 is 1.44 bits per heavy atom. The summed E-state index contributed by atoms with van der Waals surface area (Å²) in [6.07, 6.45) is 1.90. The molecule has 0 radical (unpaired) electrons. The van der Waals surface area contributed by atoms with E-state index in [2.05, 4.69) is 18.7 Å². The van der Waals surface area contributed by atoms with Crippen LogP contribution >= 0.6 is 0 Å². The minimum absolute atomic E-state index is 0.0723. The highest BCUT2D eigenvalue weighted by molar-refractivity contribution is 5.28. The minimum atomic E-state index is -0.0723. The van der Waals surface area contributed by atoms with Crippen molar-refractivity contribution in [2.24, 2.45) is 11.7 Å². The molecule has 2 N–H and O–H groups in total. The fourth-order valence-electron chi connectivity index (χ4n) is 2.73. The molecule has 3 heteroatoms. The molecule has 1 aliphatic heterocycles. The zero-order valence-electron chi connectivity index (χ0n) is 11.3. The Morgan fingerprint density at radius 2 is 2.22 bits per heavy atom. The zero-order valence-corrected chi connectivity index (χ0v) is 11.3. The van der Waals surface area contributed by atoms with E-state index >= 15 is 0 Å². The number of hydrogen-bond acceptors (Lipinski definition) is 2. The van der Waals surface area contributed by atoms with E-state index in [1.165, 1.54) is 0 Å². The molecule has 2 atom stereocenters. The molecular formula is C15H23FN2. The van der Waals surface area contributed by atoms with Crippen molar-refractivity contribution in [1.29, 1.82) is 0 Å². The Bertz CT molecular complexity index is 405. The maximum atomic E-state index is 13.9. The molecule has 1 aliphatic rings. The van der Waals surface area contributed by atoms with Gasteiger partial charge >= 0.3 is 0 Å². The van der Waals surface area contributed by atoms with E-state index in [9.17, 15) is 4.39 Å². The number of nitrogens with zero attached hydrogens (tertiary/aromatic N) is 1. The predicted molar refractivity (Wildman–Crippen MR) is 72.8 cm³/mol. The van der Waals surface area contributed by atoms with Crippen LogP contribution in [-0.2, 0) is 13.0 Å². The average molecular weight is 250 g/mol. The molecule has 1 aromatic rings. The van der Waals surface area contributed by atoms with Gasteiger partial charge < -0.3 is 5.73 Å². The van der Waals surface area contributed by atoms with Gasteiger partial charge in [-0.2, -0.15) is 0 Å². The van der Waals surface area contributed by atoms with Gasteiger partial charge in [0.05, 0.1) is 0 Å². The van der Waals surface area contributed by atoms with Gasteiger partial charge in [0.1, 0.15) is 5.82 Å². The average Bonchev–Trinajstić information content (AvgIpc) is 2.36. The minimum Gasteiger partial charge on any atom is -0.327 e. The summed E-state index contributed by atoms with van der Waals surface area (Å²) in [5.41, 5.74) is 8.01. The van der Waals surface area contributed by atoms with E-state index in [-0.39, 0.29) is 5.82 Å². The summed E-state index contributed by atoms with van der Waals surface area (Å²) < 4.78 is 13.9. The lowest BCUT2D eigenvalue weighted by atomic mass is 9.94. The molecule has 1 aromatic carbocycles. The maximum absolute atomic E-state index is 13.9. The summed E-state index contributed by atoms with van der Waals surface area (Å²) in [5.74, 6) is 0.424. The Hall–Kier alpha value is -0.930. The van der Waals surface area contributed by atoms with Crippen LogP contribution in [0, 0.1) is 11.7 Å². The van der Waals surface area contributed by atoms with Crippen molar-refractivity contribution < 1.29 is 4.39 Å². The highest BCUT2D eigenvalue weighted by atomic mass is 19.1. The quantitative estimate of drug-likeness (QED) is 0.893. The van der Waals surface area contributed by atoms with Gasteiger partial charge in [-0.3, -0.25) is 4.90 Å². The van der Waals surface area contributed by atoms with Crippen LogP contribution in [0.15, 0.2) is 18.2 Å². The van der Waals surface area contributed by atoms with Crippen molar-refractivity contribution in [3.63, 3.8) is 0 Å². The summed E-state index contributed by atoms with van der Waals surface area (Å²) in [5, 5.41) is 0. The first-order valence-electron chi connectivity index (χ1n) is 6.86. The lowest BCUT2D eigenvalue weighted by Crippen LogP contribution is -2.45. The van der Waals surface area contributed by atoms with Gasteiger partial charge in [-0.25, -0.2) is 4.39 Å². The molecule has 1 heterocycles. The van der Waals surface area contributed by atoms with Gasteiger partial charge in [-0.15, -0.1) is 0 Å². The Kier molecular flexibility index (Phi) is 4.36. The molecule has 0 aliphatic carbocycles. The van der Waals surface area contributed by atoms with Crippen molar-refractivity contribution in [1.82, 2.24) is 4.90 Å². The second kappa shape index (κ2) is 5.81. The van der Waals surface area contributed by atoms with Crippen LogP contribution < -0.4 is 5.73 Å². The molecule has 1 saturated heterocycles. The van der Waals surface area contributed by atoms with Crippen LogP contribution in [-0.4, -0.2) is 24.0 Å². The maximum Gasteiger partial charge on any atom is 0.127 e. The summed E-state index contributed by atoms with van der Waals surface area (Å²) in [6.45, 7) is 6.92. The molecule has 0 amide bonds. The number of rotatable bonds is 3. The van der Waals surface area contributed by atoms with Crippen LogP contribution in [0.3, 0.4) is 0 Å².